The number of amides is 1. The van der Waals surface area contributed by atoms with Gasteiger partial charge in [-0.15, -0.1) is 0 Å². The number of hydrogen-bond donors (Lipinski definition) is 1. The van der Waals surface area contributed by atoms with E-state index < -0.39 is 12.0 Å². The molecule has 1 aliphatic rings. The molecule has 0 aromatic heterocycles. The van der Waals surface area contributed by atoms with Crippen LogP contribution in [0.4, 0.5) is 0 Å². The normalized spacial score (nSPS) is 26.0. The standard InChI is InChI=1S/C5H7NO3/c6-5(7)4-2-1-3-8-9-4/h1-2,4H,3H2,(H2,6,7). The zero-order valence-corrected chi connectivity index (χ0v) is 4.74. The van der Waals surface area contributed by atoms with Gasteiger partial charge in [-0.05, 0) is 6.08 Å². The van der Waals surface area contributed by atoms with Crippen molar-refractivity contribution in [3.8, 4) is 0 Å². The minimum atomic E-state index is -0.709. The number of nitrogens with two attached hydrogens (primary N) is 1. The molecule has 0 spiro atoms. The first-order chi connectivity index (χ1) is 4.30. The maximum absolute atomic E-state index is 10.3. The third-order valence-electron chi connectivity index (χ3n) is 0.927. The van der Waals surface area contributed by atoms with Crippen LogP contribution in [0, 0.1) is 0 Å². The molecule has 0 aromatic rings. The summed E-state index contributed by atoms with van der Waals surface area (Å²) in [5.41, 5.74) is 4.87. The van der Waals surface area contributed by atoms with Crippen molar-refractivity contribution in [2.45, 2.75) is 6.10 Å². The lowest BCUT2D eigenvalue weighted by molar-refractivity contribution is -0.305. The highest BCUT2D eigenvalue weighted by atomic mass is 17.2. The van der Waals surface area contributed by atoms with Crippen molar-refractivity contribution in [2.24, 2.45) is 5.73 Å². The summed E-state index contributed by atoms with van der Waals surface area (Å²) in [5.74, 6) is -0.536. The molecule has 2 N–H and O–H groups in total. The van der Waals surface area contributed by atoms with Crippen LogP contribution < -0.4 is 5.73 Å². The molecule has 1 amide bonds. The van der Waals surface area contributed by atoms with Gasteiger partial charge >= 0.3 is 0 Å². The Morgan fingerprint density at radius 2 is 2.56 bits per heavy atom. The molecule has 4 nitrogen and oxygen atoms in total. The SMILES string of the molecule is NC(=O)C1C=CCOO1. The third kappa shape index (κ3) is 1.51. The molecule has 4 heteroatoms. The monoisotopic (exact) mass is 129 g/mol. The van der Waals surface area contributed by atoms with Gasteiger partial charge in [0.25, 0.3) is 5.91 Å². The first kappa shape index (κ1) is 6.25. The summed E-state index contributed by atoms with van der Waals surface area (Å²) in [6, 6.07) is 0. The molecule has 50 valence electrons. The fourth-order valence-electron chi connectivity index (χ4n) is 0.505. The molecular formula is C5H7NO3. The highest BCUT2D eigenvalue weighted by Crippen LogP contribution is 2.00. The van der Waals surface area contributed by atoms with E-state index >= 15 is 0 Å². The Hall–Kier alpha value is -0.870. The van der Waals surface area contributed by atoms with E-state index in [0.717, 1.165) is 0 Å². The molecule has 0 aromatic carbocycles. The molecule has 1 aliphatic heterocycles. The number of carbonyl (C=O) groups excluding carboxylic acids is 1. The summed E-state index contributed by atoms with van der Waals surface area (Å²) in [4.78, 5) is 19.3. The van der Waals surface area contributed by atoms with Crippen LogP contribution in [-0.2, 0) is 14.6 Å². The predicted molar refractivity (Wildman–Crippen MR) is 29.2 cm³/mol. The van der Waals surface area contributed by atoms with Gasteiger partial charge in [-0.2, -0.15) is 0 Å². The Morgan fingerprint density at radius 3 is 2.89 bits per heavy atom. The van der Waals surface area contributed by atoms with E-state index in [9.17, 15) is 4.79 Å². The van der Waals surface area contributed by atoms with Gasteiger partial charge in [0.05, 0.1) is 0 Å². The van der Waals surface area contributed by atoms with E-state index in [4.69, 9.17) is 5.73 Å². The molecule has 0 radical (unpaired) electrons. The molecule has 1 atom stereocenters. The van der Waals surface area contributed by atoms with Gasteiger partial charge in [0.1, 0.15) is 6.61 Å². The maximum Gasteiger partial charge on any atom is 0.253 e. The Kier molecular flexibility index (Phi) is 1.81. The highest BCUT2D eigenvalue weighted by Gasteiger charge is 2.14. The van der Waals surface area contributed by atoms with Gasteiger partial charge in [-0.3, -0.25) is 4.79 Å². The Labute approximate surface area is 52.2 Å². The molecular weight excluding hydrogens is 122 g/mol. The van der Waals surface area contributed by atoms with E-state index in [1.165, 1.54) is 0 Å². The molecule has 1 unspecified atom stereocenters. The summed E-state index contributed by atoms with van der Waals surface area (Å²) in [6.45, 7) is 0.379. The largest absolute Gasteiger partial charge is 0.367 e. The van der Waals surface area contributed by atoms with Crippen molar-refractivity contribution < 1.29 is 14.6 Å². The van der Waals surface area contributed by atoms with Gasteiger partial charge in [0.15, 0.2) is 6.10 Å². The smallest absolute Gasteiger partial charge is 0.253 e. The zero-order chi connectivity index (χ0) is 6.69. The fraction of sp³-hybridized carbons (Fsp3) is 0.400. The van der Waals surface area contributed by atoms with Crippen LogP contribution in [0.1, 0.15) is 0 Å². The van der Waals surface area contributed by atoms with Crippen molar-refractivity contribution >= 4 is 5.91 Å². The van der Waals surface area contributed by atoms with Crippen LogP contribution in [0.2, 0.25) is 0 Å². The van der Waals surface area contributed by atoms with Crippen molar-refractivity contribution in [1.29, 1.82) is 0 Å². The summed E-state index contributed by atoms with van der Waals surface area (Å²) in [7, 11) is 0. The average molecular weight is 129 g/mol. The Bertz CT molecular complexity index is 143. The molecule has 0 saturated heterocycles. The summed E-state index contributed by atoms with van der Waals surface area (Å²) < 4.78 is 0. The van der Waals surface area contributed by atoms with Crippen molar-refractivity contribution in [3.05, 3.63) is 12.2 Å². The zero-order valence-electron chi connectivity index (χ0n) is 4.74. The summed E-state index contributed by atoms with van der Waals surface area (Å²) >= 11 is 0. The lowest BCUT2D eigenvalue weighted by Gasteiger charge is -2.11. The van der Waals surface area contributed by atoms with E-state index in [0.29, 0.717) is 6.61 Å². The molecule has 0 bridgehead atoms. The maximum atomic E-state index is 10.3. The topological polar surface area (TPSA) is 61.6 Å². The van der Waals surface area contributed by atoms with Crippen LogP contribution in [0.15, 0.2) is 12.2 Å². The van der Waals surface area contributed by atoms with Crippen LogP contribution in [-0.4, -0.2) is 18.6 Å². The van der Waals surface area contributed by atoms with Crippen molar-refractivity contribution in [3.63, 3.8) is 0 Å². The van der Waals surface area contributed by atoms with Gasteiger partial charge < -0.3 is 5.73 Å². The summed E-state index contributed by atoms with van der Waals surface area (Å²) in [6.07, 6.45) is 2.53. The van der Waals surface area contributed by atoms with Gasteiger partial charge in [0.2, 0.25) is 0 Å². The minimum absolute atomic E-state index is 0.379. The van der Waals surface area contributed by atoms with Gasteiger partial charge in [-0.1, -0.05) is 6.08 Å². The first-order valence-electron chi connectivity index (χ1n) is 2.55. The van der Waals surface area contributed by atoms with Crippen molar-refractivity contribution in [1.82, 2.24) is 0 Å². The molecule has 0 fully saturated rings. The third-order valence-corrected chi connectivity index (χ3v) is 0.927. The number of carbonyl (C=O) groups is 1. The number of hydrogen-bond acceptors (Lipinski definition) is 3. The second-order valence-corrected chi connectivity index (χ2v) is 1.63. The van der Waals surface area contributed by atoms with Gasteiger partial charge in [0, 0.05) is 0 Å². The minimum Gasteiger partial charge on any atom is -0.367 e. The summed E-state index contributed by atoms with van der Waals surface area (Å²) in [5, 5.41) is 0. The Balaban J connectivity index is 2.50. The van der Waals surface area contributed by atoms with Crippen LogP contribution in [0.3, 0.4) is 0 Å². The molecule has 9 heavy (non-hydrogen) atoms. The molecule has 1 rings (SSSR count). The average Bonchev–Trinajstić information content (AvgIpc) is 1.90. The van der Waals surface area contributed by atoms with E-state index in [2.05, 4.69) is 9.78 Å². The van der Waals surface area contributed by atoms with E-state index in [-0.39, 0.29) is 0 Å². The van der Waals surface area contributed by atoms with Crippen molar-refractivity contribution in [2.75, 3.05) is 6.61 Å². The van der Waals surface area contributed by atoms with E-state index in [1.54, 1.807) is 12.2 Å². The molecule has 0 aliphatic carbocycles. The lowest BCUT2D eigenvalue weighted by atomic mass is 10.3. The quantitative estimate of drug-likeness (QED) is 0.378. The predicted octanol–water partition coefficient (Wildman–Crippen LogP) is -0.642. The molecule has 1 heterocycles. The van der Waals surface area contributed by atoms with Crippen LogP contribution >= 0.6 is 0 Å². The first-order valence-corrected chi connectivity index (χ1v) is 2.55. The lowest BCUT2D eigenvalue weighted by Crippen LogP contribution is -2.31. The van der Waals surface area contributed by atoms with E-state index in [1.807, 2.05) is 0 Å². The fourth-order valence-corrected chi connectivity index (χ4v) is 0.505. The molecule has 0 saturated carbocycles. The Morgan fingerprint density at radius 1 is 1.78 bits per heavy atom. The number of rotatable bonds is 1. The second kappa shape index (κ2) is 2.61. The van der Waals surface area contributed by atoms with Crippen LogP contribution in [0.5, 0.6) is 0 Å². The van der Waals surface area contributed by atoms with Crippen LogP contribution in [0.25, 0.3) is 0 Å². The second-order valence-electron chi connectivity index (χ2n) is 1.63. The van der Waals surface area contributed by atoms with Gasteiger partial charge in [-0.25, -0.2) is 9.78 Å². The number of primary amides is 1. The highest BCUT2D eigenvalue weighted by molar-refractivity contribution is 5.80.